The van der Waals surface area contributed by atoms with Crippen molar-refractivity contribution in [2.45, 2.75) is 12.8 Å². The van der Waals surface area contributed by atoms with Crippen LogP contribution in [0.25, 0.3) is 0 Å². The first-order valence-corrected chi connectivity index (χ1v) is 7.20. The molecule has 1 atom stereocenters. The third-order valence-electron chi connectivity index (χ3n) is 3.68. The average Bonchev–Trinajstić information content (AvgIpc) is 2.47. The highest BCUT2D eigenvalue weighted by Gasteiger charge is 2.24. The van der Waals surface area contributed by atoms with Crippen molar-refractivity contribution in [2.24, 2.45) is 11.7 Å². The van der Waals surface area contributed by atoms with Crippen LogP contribution in [0.15, 0.2) is 24.3 Å². The minimum atomic E-state index is -0.633. The molecule has 1 aliphatic rings. The van der Waals surface area contributed by atoms with Gasteiger partial charge in [-0.3, -0.25) is 4.79 Å². The maximum Gasteiger partial charge on any atom is 0.316 e. The maximum absolute atomic E-state index is 12.5. The molecule has 1 fully saturated rings. The topological polar surface area (TPSA) is 87.5 Å². The van der Waals surface area contributed by atoms with Gasteiger partial charge in [-0.1, -0.05) is 6.07 Å². The largest absolute Gasteiger partial charge is 0.351 e. The van der Waals surface area contributed by atoms with Crippen molar-refractivity contribution in [3.63, 3.8) is 0 Å². The van der Waals surface area contributed by atoms with E-state index in [0.29, 0.717) is 17.2 Å². The van der Waals surface area contributed by atoms with Gasteiger partial charge in [0.2, 0.25) is 0 Å². The molecule has 0 aromatic heterocycles. The average molecular weight is 290 g/mol. The SMILES string of the molecule is CNCC1CCCN(C(=O)c2cccc(NC(N)=O)c2)C1. The number of urea groups is 1. The fourth-order valence-electron chi connectivity index (χ4n) is 2.76. The summed E-state index contributed by atoms with van der Waals surface area (Å²) in [4.78, 5) is 25.3. The highest BCUT2D eigenvalue weighted by Crippen LogP contribution is 2.19. The molecule has 2 rings (SSSR count). The monoisotopic (exact) mass is 290 g/mol. The summed E-state index contributed by atoms with van der Waals surface area (Å²) in [6.45, 7) is 2.48. The van der Waals surface area contributed by atoms with E-state index in [4.69, 9.17) is 5.73 Å². The van der Waals surface area contributed by atoms with Crippen molar-refractivity contribution in [3.8, 4) is 0 Å². The number of rotatable bonds is 4. The number of hydrogen-bond donors (Lipinski definition) is 3. The van der Waals surface area contributed by atoms with Crippen molar-refractivity contribution in [1.29, 1.82) is 0 Å². The van der Waals surface area contributed by atoms with Crippen LogP contribution >= 0.6 is 0 Å². The predicted molar refractivity (Wildman–Crippen MR) is 82.2 cm³/mol. The molecule has 1 unspecified atom stereocenters. The zero-order valence-electron chi connectivity index (χ0n) is 12.3. The Morgan fingerprint density at radius 1 is 1.43 bits per heavy atom. The van der Waals surface area contributed by atoms with Gasteiger partial charge in [0.15, 0.2) is 0 Å². The Balaban J connectivity index is 2.06. The molecule has 0 spiro atoms. The van der Waals surface area contributed by atoms with Crippen molar-refractivity contribution < 1.29 is 9.59 Å². The molecule has 0 aliphatic carbocycles. The van der Waals surface area contributed by atoms with Gasteiger partial charge in [0.1, 0.15) is 0 Å². The van der Waals surface area contributed by atoms with Gasteiger partial charge < -0.3 is 21.3 Å². The standard InChI is InChI=1S/C15H22N4O2/c1-17-9-11-4-3-7-19(10-11)14(20)12-5-2-6-13(8-12)18-15(16)21/h2,5-6,8,11,17H,3-4,7,9-10H2,1H3,(H3,16,18,21). The minimum Gasteiger partial charge on any atom is -0.351 e. The van der Waals surface area contributed by atoms with Gasteiger partial charge in [0, 0.05) is 24.3 Å². The Morgan fingerprint density at radius 3 is 2.95 bits per heavy atom. The molecule has 6 heteroatoms. The molecule has 6 nitrogen and oxygen atoms in total. The number of carbonyl (C=O) groups excluding carboxylic acids is 2. The van der Waals surface area contributed by atoms with E-state index in [2.05, 4.69) is 10.6 Å². The molecule has 1 heterocycles. The fourth-order valence-corrected chi connectivity index (χ4v) is 2.76. The second-order valence-electron chi connectivity index (χ2n) is 5.39. The van der Waals surface area contributed by atoms with E-state index in [1.54, 1.807) is 24.3 Å². The molecule has 1 aliphatic heterocycles. The summed E-state index contributed by atoms with van der Waals surface area (Å²) in [7, 11) is 1.93. The number of nitrogens with two attached hydrogens (primary N) is 1. The first-order valence-electron chi connectivity index (χ1n) is 7.20. The maximum atomic E-state index is 12.5. The van der Waals surface area contributed by atoms with Crippen LogP contribution in [-0.2, 0) is 0 Å². The Kier molecular flexibility index (Phi) is 5.16. The summed E-state index contributed by atoms with van der Waals surface area (Å²) in [5.41, 5.74) is 6.21. The number of benzene rings is 1. The summed E-state index contributed by atoms with van der Waals surface area (Å²) in [5, 5.41) is 5.66. The van der Waals surface area contributed by atoms with E-state index in [9.17, 15) is 9.59 Å². The molecule has 1 aromatic carbocycles. The van der Waals surface area contributed by atoms with E-state index in [0.717, 1.165) is 32.5 Å². The summed E-state index contributed by atoms with van der Waals surface area (Å²) in [5.74, 6) is 0.503. The smallest absolute Gasteiger partial charge is 0.316 e. The third kappa shape index (κ3) is 4.19. The molecule has 0 bridgehead atoms. The molecule has 3 amide bonds. The summed E-state index contributed by atoms with van der Waals surface area (Å²) in [6, 6.07) is 6.24. The zero-order valence-corrected chi connectivity index (χ0v) is 12.3. The highest BCUT2D eigenvalue weighted by molar-refractivity contribution is 5.96. The lowest BCUT2D eigenvalue weighted by atomic mass is 9.97. The molecule has 0 saturated carbocycles. The number of nitrogens with zero attached hydrogens (tertiary/aromatic N) is 1. The van der Waals surface area contributed by atoms with Crippen LogP contribution in [0.4, 0.5) is 10.5 Å². The molecular weight excluding hydrogens is 268 g/mol. The number of primary amides is 1. The third-order valence-corrected chi connectivity index (χ3v) is 3.68. The Labute approximate surface area is 124 Å². The highest BCUT2D eigenvalue weighted by atomic mass is 16.2. The Morgan fingerprint density at radius 2 is 2.24 bits per heavy atom. The van der Waals surface area contributed by atoms with Gasteiger partial charge >= 0.3 is 6.03 Å². The number of hydrogen-bond acceptors (Lipinski definition) is 3. The number of amides is 3. The van der Waals surface area contributed by atoms with Gasteiger partial charge in [-0.2, -0.15) is 0 Å². The van der Waals surface area contributed by atoms with Gasteiger partial charge in [-0.15, -0.1) is 0 Å². The number of piperidine rings is 1. The Bertz CT molecular complexity index is 516. The summed E-state index contributed by atoms with van der Waals surface area (Å²) >= 11 is 0. The van der Waals surface area contributed by atoms with Gasteiger partial charge in [0.25, 0.3) is 5.91 Å². The van der Waals surface area contributed by atoms with Crippen molar-refractivity contribution in [1.82, 2.24) is 10.2 Å². The van der Waals surface area contributed by atoms with Gasteiger partial charge in [-0.25, -0.2) is 4.79 Å². The normalized spacial score (nSPS) is 18.3. The van der Waals surface area contributed by atoms with Crippen LogP contribution < -0.4 is 16.4 Å². The number of carbonyl (C=O) groups is 2. The number of likely N-dealkylation sites (tertiary alicyclic amines) is 1. The molecule has 114 valence electrons. The molecular formula is C15H22N4O2. The first-order chi connectivity index (χ1) is 10.1. The van der Waals surface area contributed by atoms with Crippen molar-refractivity contribution >= 4 is 17.6 Å². The lowest BCUT2D eigenvalue weighted by molar-refractivity contribution is 0.0674. The van der Waals surface area contributed by atoms with E-state index in [-0.39, 0.29) is 5.91 Å². The lowest BCUT2D eigenvalue weighted by Crippen LogP contribution is -2.42. The van der Waals surface area contributed by atoms with Gasteiger partial charge in [0.05, 0.1) is 0 Å². The minimum absolute atomic E-state index is 0.00363. The van der Waals surface area contributed by atoms with Crippen LogP contribution in [0.2, 0.25) is 0 Å². The fraction of sp³-hybridized carbons (Fsp3) is 0.467. The molecule has 1 aromatic rings. The predicted octanol–water partition coefficient (Wildman–Crippen LogP) is 1.25. The summed E-state index contributed by atoms with van der Waals surface area (Å²) < 4.78 is 0. The second-order valence-corrected chi connectivity index (χ2v) is 5.39. The quantitative estimate of drug-likeness (QED) is 0.780. The first kappa shape index (κ1) is 15.3. The van der Waals surface area contributed by atoms with Crippen molar-refractivity contribution in [3.05, 3.63) is 29.8 Å². The molecule has 21 heavy (non-hydrogen) atoms. The van der Waals surface area contributed by atoms with E-state index in [1.165, 1.54) is 0 Å². The molecule has 4 N–H and O–H groups in total. The number of anilines is 1. The molecule has 0 radical (unpaired) electrons. The summed E-state index contributed by atoms with van der Waals surface area (Å²) in [6.07, 6.45) is 2.17. The molecule has 1 saturated heterocycles. The second kappa shape index (κ2) is 7.08. The van der Waals surface area contributed by atoms with E-state index >= 15 is 0 Å². The van der Waals surface area contributed by atoms with Crippen molar-refractivity contribution in [2.75, 3.05) is 32.0 Å². The van der Waals surface area contributed by atoms with Gasteiger partial charge in [-0.05, 0) is 50.6 Å². The lowest BCUT2D eigenvalue weighted by Gasteiger charge is -2.32. The van der Waals surface area contributed by atoms with Crippen LogP contribution in [-0.4, -0.2) is 43.5 Å². The Hall–Kier alpha value is -2.08. The van der Waals surface area contributed by atoms with E-state index in [1.807, 2.05) is 11.9 Å². The van der Waals surface area contributed by atoms with E-state index < -0.39 is 6.03 Å². The number of nitrogens with one attached hydrogen (secondary N) is 2. The van der Waals surface area contributed by atoms with Crippen LogP contribution in [0.1, 0.15) is 23.2 Å². The van der Waals surface area contributed by atoms with Crippen LogP contribution in [0.3, 0.4) is 0 Å². The zero-order chi connectivity index (χ0) is 15.2. The van der Waals surface area contributed by atoms with Crippen LogP contribution in [0, 0.1) is 5.92 Å². The van der Waals surface area contributed by atoms with Crippen LogP contribution in [0.5, 0.6) is 0 Å².